The molecule has 0 heterocycles. The maximum atomic E-state index is 3.34. The summed E-state index contributed by atoms with van der Waals surface area (Å²) in [6.07, 6.45) is 10.0. The Balaban J connectivity index is 0. The zero-order chi connectivity index (χ0) is 11.6. The summed E-state index contributed by atoms with van der Waals surface area (Å²) in [5.41, 5.74) is 0. The molecule has 0 saturated carbocycles. The van der Waals surface area contributed by atoms with Gasteiger partial charge in [-0.2, -0.15) is 23.6 Å². The molecule has 0 unspecified atom stereocenters. The van der Waals surface area contributed by atoms with Gasteiger partial charge >= 0.3 is 28.4 Å². The SMILES string of the molecule is [C-]1=CC=CC1.[CH2]=[Zr+2].[Cl-].[Cl-].c1ccc2[cH-]ccc2c1. The number of benzene rings is 1. The van der Waals surface area contributed by atoms with Crippen molar-refractivity contribution in [1.82, 2.24) is 0 Å². The Morgan fingerprint density at radius 1 is 1.11 bits per heavy atom. The van der Waals surface area contributed by atoms with E-state index < -0.39 is 0 Å². The van der Waals surface area contributed by atoms with E-state index in [4.69, 9.17) is 0 Å². The van der Waals surface area contributed by atoms with Gasteiger partial charge in [-0.25, -0.2) is 12.2 Å². The van der Waals surface area contributed by atoms with E-state index in [0.29, 0.717) is 0 Å². The van der Waals surface area contributed by atoms with Crippen molar-refractivity contribution in [2.24, 2.45) is 0 Å². The largest absolute Gasteiger partial charge is 1.00 e. The molecule has 18 heavy (non-hydrogen) atoms. The minimum atomic E-state index is 0. The summed E-state index contributed by atoms with van der Waals surface area (Å²) >= 11 is 1.30. The molecule has 0 saturated heterocycles. The second-order valence-electron chi connectivity index (χ2n) is 3.16. The summed E-state index contributed by atoms with van der Waals surface area (Å²) in [6.45, 7) is 0. The zero-order valence-corrected chi connectivity index (χ0v) is 13.9. The van der Waals surface area contributed by atoms with Crippen molar-refractivity contribution < 1.29 is 49.0 Å². The Hall–Kier alpha value is -0.357. The van der Waals surface area contributed by atoms with Crippen LogP contribution < -0.4 is 24.8 Å². The molecule has 0 atom stereocenters. The Morgan fingerprint density at radius 2 is 1.83 bits per heavy atom. The molecule has 0 amide bonds. The number of hydrogen-bond acceptors (Lipinski definition) is 0. The van der Waals surface area contributed by atoms with Gasteiger partial charge in [-0.05, 0) is 0 Å². The third-order valence-electron chi connectivity index (χ3n) is 2.13. The minimum Gasteiger partial charge on any atom is -1.00 e. The molecule has 3 heteroatoms. The first-order valence-corrected chi connectivity index (χ1v) is 6.88. The second kappa shape index (κ2) is 13.1. The van der Waals surface area contributed by atoms with Crippen LogP contribution in [-0.2, 0) is 24.2 Å². The molecule has 0 spiro atoms. The number of hydrogen-bond donors (Lipinski definition) is 0. The van der Waals surface area contributed by atoms with Gasteiger partial charge in [0.25, 0.3) is 0 Å². The fourth-order valence-electron chi connectivity index (χ4n) is 1.41. The first-order chi connectivity index (χ1) is 7.97. The summed E-state index contributed by atoms with van der Waals surface area (Å²) in [5, 5.41) is 2.66. The topological polar surface area (TPSA) is 0 Å². The number of halogens is 2. The van der Waals surface area contributed by atoms with Crippen LogP contribution in [0, 0.1) is 6.08 Å². The molecule has 0 nitrogen and oxygen atoms in total. The van der Waals surface area contributed by atoms with Gasteiger partial charge in [0.1, 0.15) is 0 Å². The van der Waals surface area contributed by atoms with E-state index in [9.17, 15) is 0 Å². The van der Waals surface area contributed by atoms with Crippen molar-refractivity contribution in [3.8, 4) is 0 Å². The average Bonchev–Trinajstić information content (AvgIpc) is 3.06. The number of fused-ring (bicyclic) bond motifs is 1. The normalized spacial score (nSPS) is 10.3. The molecule has 0 N–H and O–H groups in total. The monoisotopic (exact) mass is 354 g/mol. The van der Waals surface area contributed by atoms with Gasteiger partial charge in [0.05, 0.1) is 0 Å². The van der Waals surface area contributed by atoms with Crippen molar-refractivity contribution in [2.75, 3.05) is 0 Å². The van der Waals surface area contributed by atoms with Crippen molar-refractivity contribution in [2.45, 2.75) is 6.42 Å². The van der Waals surface area contributed by atoms with Crippen LogP contribution in [0.25, 0.3) is 10.8 Å². The van der Waals surface area contributed by atoms with Crippen LogP contribution >= 0.6 is 0 Å². The smallest absolute Gasteiger partial charge is 0.0809 e. The van der Waals surface area contributed by atoms with Gasteiger partial charge in [0.2, 0.25) is 0 Å². The number of allylic oxidation sites excluding steroid dienone is 4. The van der Waals surface area contributed by atoms with Crippen LogP contribution in [0.15, 0.2) is 60.7 Å². The molecule has 1 aliphatic rings. The summed E-state index contributed by atoms with van der Waals surface area (Å²) in [5.74, 6) is 0. The van der Waals surface area contributed by atoms with Crippen LogP contribution in [-0.4, -0.2) is 4.21 Å². The van der Waals surface area contributed by atoms with Gasteiger partial charge in [0, 0.05) is 0 Å². The maximum Gasteiger partial charge on any atom is -0.0809 e. The minimum absolute atomic E-state index is 0. The molecule has 0 aromatic heterocycles. The molecule has 2 aromatic rings. The first kappa shape index (κ1) is 20.0. The molecule has 0 radical (unpaired) electrons. The van der Waals surface area contributed by atoms with Crippen LogP contribution in [0.4, 0.5) is 0 Å². The summed E-state index contributed by atoms with van der Waals surface area (Å²) < 4.78 is 3.34. The molecule has 1 aliphatic carbocycles. The van der Waals surface area contributed by atoms with E-state index in [1.54, 1.807) is 0 Å². The predicted molar refractivity (Wildman–Crippen MR) is 68.2 cm³/mol. The van der Waals surface area contributed by atoms with Crippen LogP contribution in [0.5, 0.6) is 0 Å². The van der Waals surface area contributed by atoms with E-state index in [2.05, 4.69) is 58.8 Å². The van der Waals surface area contributed by atoms with Crippen molar-refractivity contribution in [3.63, 3.8) is 0 Å². The molecule has 2 aromatic carbocycles. The van der Waals surface area contributed by atoms with Crippen molar-refractivity contribution in [1.29, 1.82) is 0 Å². The maximum absolute atomic E-state index is 3.34. The Kier molecular flexibility index (Phi) is 14.5. The van der Waals surface area contributed by atoms with E-state index in [0.717, 1.165) is 6.42 Å². The average molecular weight is 356 g/mol. The molecule has 3 rings (SSSR count). The quantitative estimate of drug-likeness (QED) is 0.472. The van der Waals surface area contributed by atoms with Crippen LogP contribution in [0.2, 0.25) is 0 Å². The van der Waals surface area contributed by atoms with Gasteiger partial charge < -0.3 is 24.8 Å². The second-order valence-corrected chi connectivity index (χ2v) is 3.16. The third-order valence-corrected chi connectivity index (χ3v) is 2.13. The van der Waals surface area contributed by atoms with E-state index in [1.165, 1.54) is 35.0 Å². The Morgan fingerprint density at radius 3 is 2.33 bits per heavy atom. The molecule has 0 aliphatic heterocycles. The Bertz CT molecular complexity index is 432. The fourth-order valence-corrected chi connectivity index (χ4v) is 1.41. The third kappa shape index (κ3) is 7.16. The predicted octanol–water partition coefficient (Wildman–Crippen LogP) is -2.16. The Labute approximate surface area is 136 Å². The van der Waals surface area contributed by atoms with Gasteiger partial charge in [-0.1, -0.05) is 6.07 Å². The summed E-state index contributed by atoms with van der Waals surface area (Å²) in [4.78, 5) is 0. The van der Waals surface area contributed by atoms with Crippen LogP contribution in [0.3, 0.4) is 0 Å². The standard InChI is InChI=1S/C9H7.C5H5.CH2.2ClH.Zr/c1-2-5-9-7-3-6-8(9)4-1;1-2-4-5-3-1;;;;/h1-7H;1-3H,4H2;1H2;2*1H;/q2*-1;;;;+2/p-2. The van der Waals surface area contributed by atoms with Crippen molar-refractivity contribution in [3.05, 3.63) is 66.8 Å². The molecule has 94 valence electrons. The van der Waals surface area contributed by atoms with Crippen LogP contribution in [0.1, 0.15) is 6.42 Å². The molecule has 0 bridgehead atoms. The van der Waals surface area contributed by atoms with Gasteiger partial charge in [-0.3, -0.25) is 6.08 Å². The molecular formula is C15H14Cl2Zr-2. The van der Waals surface area contributed by atoms with E-state index >= 15 is 0 Å². The zero-order valence-electron chi connectivity index (χ0n) is 9.94. The fraction of sp³-hybridized carbons (Fsp3) is 0.0667. The summed E-state index contributed by atoms with van der Waals surface area (Å²) in [6, 6.07) is 14.7. The van der Waals surface area contributed by atoms with E-state index in [-0.39, 0.29) is 24.8 Å². The number of rotatable bonds is 0. The van der Waals surface area contributed by atoms with E-state index in [1.807, 2.05) is 12.2 Å². The van der Waals surface area contributed by atoms with Gasteiger partial charge in [-0.15, -0.1) is 36.1 Å². The summed E-state index contributed by atoms with van der Waals surface area (Å²) in [7, 11) is 0. The van der Waals surface area contributed by atoms with Gasteiger partial charge in [0.15, 0.2) is 0 Å². The van der Waals surface area contributed by atoms with Crippen molar-refractivity contribution >= 4 is 15.0 Å². The molecule has 0 fully saturated rings. The first-order valence-electron chi connectivity index (χ1n) is 5.14. The molecular weight excluding hydrogens is 342 g/mol.